The normalized spacial score (nSPS) is 14.6. The predicted molar refractivity (Wildman–Crippen MR) is 112 cm³/mol. The first-order valence-electron chi connectivity index (χ1n) is 9.37. The van der Waals surface area contributed by atoms with Gasteiger partial charge in [0.25, 0.3) is 0 Å². The molecule has 1 aromatic heterocycles. The van der Waals surface area contributed by atoms with Gasteiger partial charge in [-0.1, -0.05) is 53.7 Å². The number of benzene rings is 2. The first-order chi connectivity index (χ1) is 13.7. The Hall–Kier alpha value is -2.31. The molecule has 0 radical (unpaired) electrons. The van der Waals surface area contributed by atoms with Crippen LogP contribution in [0.5, 0.6) is 0 Å². The predicted octanol–water partition coefficient (Wildman–Crippen LogP) is 4.73. The fraction of sp³-hybridized carbons (Fsp3) is 0.286. The molecular formula is C21H21ClN4OS. The molecule has 1 saturated carbocycles. The lowest BCUT2D eigenvalue weighted by molar-refractivity contribution is -0.120. The van der Waals surface area contributed by atoms with Crippen LogP contribution >= 0.6 is 23.4 Å². The van der Waals surface area contributed by atoms with Crippen molar-refractivity contribution in [2.24, 2.45) is 0 Å². The third-order valence-electron chi connectivity index (χ3n) is 4.62. The monoisotopic (exact) mass is 412 g/mol. The van der Waals surface area contributed by atoms with Gasteiger partial charge in [-0.25, -0.2) is 0 Å². The Morgan fingerprint density at radius 3 is 2.54 bits per heavy atom. The Morgan fingerprint density at radius 2 is 1.89 bits per heavy atom. The van der Waals surface area contributed by atoms with E-state index in [1.807, 2.05) is 59.2 Å². The van der Waals surface area contributed by atoms with Crippen LogP contribution in [0.1, 0.15) is 30.6 Å². The van der Waals surface area contributed by atoms with E-state index < -0.39 is 0 Å². The Bertz CT molecular complexity index is 954. The molecule has 4 rings (SSSR count). The molecule has 1 aliphatic rings. The van der Waals surface area contributed by atoms with E-state index in [0.29, 0.717) is 17.6 Å². The van der Waals surface area contributed by atoms with E-state index in [1.54, 1.807) is 0 Å². The third kappa shape index (κ3) is 4.23. The number of nitrogens with one attached hydrogen (secondary N) is 1. The summed E-state index contributed by atoms with van der Waals surface area (Å²) in [4.78, 5) is 12.9. The molecule has 3 aromatic rings. The molecule has 1 aliphatic carbocycles. The van der Waals surface area contributed by atoms with Crippen LogP contribution in [0, 0.1) is 0 Å². The second kappa shape index (κ2) is 8.37. The number of carbonyl (C=O) groups is 1. The van der Waals surface area contributed by atoms with E-state index in [1.165, 1.54) is 11.8 Å². The van der Waals surface area contributed by atoms with Crippen molar-refractivity contribution < 1.29 is 4.79 Å². The van der Waals surface area contributed by atoms with Gasteiger partial charge in [-0.15, -0.1) is 10.2 Å². The fourth-order valence-corrected chi connectivity index (χ4v) is 4.22. The molecule has 1 amide bonds. The average molecular weight is 413 g/mol. The summed E-state index contributed by atoms with van der Waals surface area (Å²) in [7, 11) is 0. The van der Waals surface area contributed by atoms with Crippen molar-refractivity contribution in [1.82, 2.24) is 20.1 Å². The highest BCUT2D eigenvalue weighted by Crippen LogP contribution is 2.37. The Labute approximate surface area is 173 Å². The molecular weight excluding hydrogens is 392 g/mol. The number of thioether (sulfide) groups is 1. The average Bonchev–Trinajstić information content (AvgIpc) is 3.44. The largest absolute Gasteiger partial charge is 0.352 e. The maximum absolute atomic E-state index is 12.9. The van der Waals surface area contributed by atoms with E-state index in [0.717, 1.165) is 34.9 Å². The zero-order chi connectivity index (χ0) is 19.5. The minimum absolute atomic E-state index is 0.0254. The Morgan fingerprint density at radius 1 is 1.18 bits per heavy atom. The van der Waals surface area contributed by atoms with Crippen molar-refractivity contribution in [2.75, 3.05) is 0 Å². The molecule has 0 bridgehead atoms. The van der Waals surface area contributed by atoms with E-state index in [2.05, 4.69) is 22.4 Å². The van der Waals surface area contributed by atoms with Crippen LogP contribution in [0.4, 0.5) is 0 Å². The van der Waals surface area contributed by atoms with Gasteiger partial charge < -0.3 is 9.88 Å². The van der Waals surface area contributed by atoms with E-state index >= 15 is 0 Å². The van der Waals surface area contributed by atoms with Crippen LogP contribution in [0.15, 0.2) is 59.8 Å². The summed E-state index contributed by atoms with van der Waals surface area (Å²) >= 11 is 7.45. The SMILES string of the molecule is CCn1c(S[C@@H](C(=O)NC2CC2)c2ccccc2)nnc1-c1ccc(Cl)cc1. The van der Waals surface area contributed by atoms with Gasteiger partial charge in [0.2, 0.25) is 5.91 Å². The zero-order valence-corrected chi connectivity index (χ0v) is 17.1. The number of hydrogen-bond donors (Lipinski definition) is 1. The maximum Gasteiger partial charge on any atom is 0.238 e. The molecule has 2 aromatic carbocycles. The molecule has 1 fully saturated rings. The number of nitrogens with zero attached hydrogens (tertiary/aromatic N) is 3. The molecule has 28 heavy (non-hydrogen) atoms. The van der Waals surface area contributed by atoms with Gasteiger partial charge >= 0.3 is 0 Å². The highest BCUT2D eigenvalue weighted by molar-refractivity contribution is 8.00. The molecule has 1 atom stereocenters. The topological polar surface area (TPSA) is 59.8 Å². The second-order valence-corrected chi connectivity index (χ2v) is 8.26. The number of rotatable bonds is 7. The zero-order valence-electron chi connectivity index (χ0n) is 15.5. The molecule has 144 valence electrons. The number of carbonyl (C=O) groups excluding carboxylic acids is 1. The van der Waals surface area contributed by atoms with Crippen molar-refractivity contribution >= 4 is 29.3 Å². The van der Waals surface area contributed by atoms with Crippen LogP contribution in [0.25, 0.3) is 11.4 Å². The maximum atomic E-state index is 12.9. The van der Waals surface area contributed by atoms with Crippen LogP contribution in [0.3, 0.4) is 0 Å². The van der Waals surface area contributed by atoms with Crippen LogP contribution in [-0.4, -0.2) is 26.7 Å². The van der Waals surface area contributed by atoms with Crippen LogP contribution in [-0.2, 0) is 11.3 Å². The van der Waals surface area contributed by atoms with Gasteiger partial charge in [-0.2, -0.15) is 0 Å². The van der Waals surface area contributed by atoms with Gasteiger partial charge in [0, 0.05) is 23.2 Å². The highest BCUT2D eigenvalue weighted by Gasteiger charge is 2.30. The summed E-state index contributed by atoms with van der Waals surface area (Å²) in [6.07, 6.45) is 2.12. The lowest BCUT2D eigenvalue weighted by Gasteiger charge is -2.17. The van der Waals surface area contributed by atoms with Gasteiger partial charge in [-0.3, -0.25) is 4.79 Å². The van der Waals surface area contributed by atoms with E-state index in [9.17, 15) is 4.79 Å². The van der Waals surface area contributed by atoms with E-state index in [-0.39, 0.29) is 11.2 Å². The summed E-state index contributed by atoms with van der Waals surface area (Å²) in [5.74, 6) is 0.800. The molecule has 1 heterocycles. The summed E-state index contributed by atoms with van der Waals surface area (Å²) in [5.41, 5.74) is 1.91. The lowest BCUT2D eigenvalue weighted by atomic mass is 10.1. The molecule has 1 N–H and O–H groups in total. The summed E-state index contributed by atoms with van der Waals surface area (Å²) in [5, 5.41) is 12.9. The molecule has 5 nitrogen and oxygen atoms in total. The number of halogens is 1. The minimum Gasteiger partial charge on any atom is -0.352 e. The van der Waals surface area contributed by atoms with Crippen molar-refractivity contribution in [2.45, 2.75) is 42.8 Å². The van der Waals surface area contributed by atoms with Crippen molar-refractivity contribution in [3.8, 4) is 11.4 Å². The van der Waals surface area contributed by atoms with Crippen molar-refractivity contribution in [3.05, 3.63) is 65.2 Å². The molecule has 0 saturated heterocycles. The van der Waals surface area contributed by atoms with Crippen LogP contribution < -0.4 is 5.32 Å². The Kier molecular flexibility index (Phi) is 5.69. The standard InChI is InChI=1S/C21H21ClN4OS/c1-2-26-19(15-8-10-16(22)11-9-15)24-25-21(26)28-18(14-6-4-3-5-7-14)20(27)23-17-12-13-17/h3-11,17-18H,2,12-13H2,1H3,(H,23,27)/t18-/m1/s1. The first-order valence-corrected chi connectivity index (χ1v) is 10.6. The van der Waals surface area contributed by atoms with Gasteiger partial charge in [0.1, 0.15) is 5.25 Å². The van der Waals surface area contributed by atoms with Gasteiger partial charge in [0.15, 0.2) is 11.0 Å². The van der Waals surface area contributed by atoms with Crippen LogP contribution in [0.2, 0.25) is 5.02 Å². The number of aromatic nitrogens is 3. The summed E-state index contributed by atoms with van der Waals surface area (Å²) in [6, 6.07) is 17.7. The quantitative estimate of drug-likeness (QED) is 0.570. The number of hydrogen-bond acceptors (Lipinski definition) is 4. The fourth-order valence-electron chi connectivity index (χ4n) is 2.98. The minimum atomic E-state index is -0.366. The summed E-state index contributed by atoms with van der Waals surface area (Å²) in [6.45, 7) is 2.76. The number of amides is 1. The van der Waals surface area contributed by atoms with Gasteiger partial charge in [0.05, 0.1) is 0 Å². The van der Waals surface area contributed by atoms with Crippen molar-refractivity contribution in [3.63, 3.8) is 0 Å². The molecule has 0 unspecified atom stereocenters. The van der Waals surface area contributed by atoms with Gasteiger partial charge in [-0.05, 0) is 49.6 Å². The molecule has 0 spiro atoms. The summed E-state index contributed by atoms with van der Waals surface area (Å²) < 4.78 is 2.04. The highest BCUT2D eigenvalue weighted by atomic mass is 35.5. The lowest BCUT2D eigenvalue weighted by Crippen LogP contribution is -2.30. The first kappa shape index (κ1) is 19.0. The van der Waals surface area contributed by atoms with Crippen molar-refractivity contribution in [1.29, 1.82) is 0 Å². The third-order valence-corrected chi connectivity index (χ3v) is 6.11. The smallest absolute Gasteiger partial charge is 0.238 e. The molecule has 0 aliphatic heterocycles. The Balaban J connectivity index is 1.64. The van der Waals surface area contributed by atoms with E-state index in [4.69, 9.17) is 11.6 Å². The molecule has 7 heteroatoms. The second-order valence-electron chi connectivity index (χ2n) is 6.75.